The first-order chi connectivity index (χ1) is 14.3. The largest absolute Gasteiger partial charge is 0.292 e. The summed E-state index contributed by atoms with van der Waals surface area (Å²) in [7, 11) is 0. The Bertz CT molecular complexity index is 1060. The van der Waals surface area contributed by atoms with Crippen LogP contribution in [0.3, 0.4) is 0 Å². The Morgan fingerprint density at radius 3 is 2.60 bits per heavy atom. The minimum absolute atomic E-state index is 0.0400. The summed E-state index contributed by atoms with van der Waals surface area (Å²) in [5.41, 5.74) is 5.64. The van der Waals surface area contributed by atoms with E-state index in [4.69, 9.17) is 35.4 Å². The summed E-state index contributed by atoms with van der Waals surface area (Å²) in [6, 6.07) is 13.5. The van der Waals surface area contributed by atoms with E-state index in [2.05, 4.69) is 10.9 Å². The van der Waals surface area contributed by atoms with Gasteiger partial charge in [0.1, 0.15) is 4.32 Å². The molecule has 1 saturated heterocycles. The molecule has 2 N–H and O–H groups in total. The fourth-order valence-electron chi connectivity index (χ4n) is 2.53. The zero-order chi connectivity index (χ0) is 21.7. The Morgan fingerprint density at radius 1 is 1.10 bits per heavy atom. The molecule has 0 bridgehead atoms. The Kier molecular flexibility index (Phi) is 7.49. The van der Waals surface area contributed by atoms with Gasteiger partial charge < -0.3 is 0 Å². The van der Waals surface area contributed by atoms with Crippen molar-refractivity contribution in [2.45, 2.75) is 6.42 Å². The predicted molar refractivity (Wildman–Crippen MR) is 123 cm³/mol. The van der Waals surface area contributed by atoms with Gasteiger partial charge in [0.25, 0.3) is 11.8 Å². The van der Waals surface area contributed by atoms with Gasteiger partial charge in [0.2, 0.25) is 5.91 Å². The normalized spacial score (nSPS) is 14.9. The van der Waals surface area contributed by atoms with E-state index in [9.17, 15) is 14.4 Å². The fourth-order valence-corrected chi connectivity index (χ4v) is 4.21. The minimum atomic E-state index is -0.501. The van der Waals surface area contributed by atoms with Crippen LogP contribution in [0, 0.1) is 0 Å². The maximum atomic E-state index is 12.6. The van der Waals surface area contributed by atoms with Crippen molar-refractivity contribution in [1.29, 1.82) is 0 Å². The first-order valence-electron chi connectivity index (χ1n) is 8.70. The molecule has 154 valence electrons. The van der Waals surface area contributed by atoms with Crippen molar-refractivity contribution >= 4 is 75.3 Å². The number of rotatable bonds is 5. The summed E-state index contributed by atoms with van der Waals surface area (Å²) >= 11 is 18.4. The van der Waals surface area contributed by atoms with Crippen LogP contribution >= 0.6 is 47.2 Å². The molecule has 2 aromatic carbocycles. The molecule has 1 aliphatic heterocycles. The molecule has 0 aliphatic carbocycles. The topological polar surface area (TPSA) is 78.5 Å². The molecule has 1 heterocycles. The third kappa shape index (κ3) is 5.60. The first-order valence-corrected chi connectivity index (χ1v) is 10.7. The molecular weight excluding hydrogens is 465 g/mol. The monoisotopic (exact) mass is 479 g/mol. The number of hydrazine groups is 1. The first kappa shape index (κ1) is 22.3. The highest BCUT2D eigenvalue weighted by molar-refractivity contribution is 8.26. The number of nitrogens with one attached hydrogen (secondary N) is 2. The summed E-state index contributed by atoms with van der Waals surface area (Å²) in [6.45, 7) is 0.0867. The summed E-state index contributed by atoms with van der Waals surface area (Å²) in [5.74, 6) is -1.26. The number of thiocarbonyl (C=S) groups is 1. The molecule has 6 nitrogen and oxygen atoms in total. The lowest BCUT2D eigenvalue weighted by molar-refractivity contribution is -0.124. The van der Waals surface area contributed by atoms with Gasteiger partial charge in [0, 0.05) is 28.6 Å². The number of hydrogen-bond donors (Lipinski definition) is 2. The molecule has 30 heavy (non-hydrogen) atoms. The molecule has 0 radical (unpaired) electrons. The van der Waals surface area contributed by atoms with Gasteiger partial charge >= 0.3 is 0 Å². The molecule has 0 atom stereocenters. The highest BCUT2D eigenvalue weighted by Gasteiger charge is 2.32. The number of carbonyl (C=O) groups is 3. The maximum Gasteiger partial charge on any atom is 0.269 e. The summed E-state index contributed by atoms with van der Waals surface area (Å²) in [6.07, 6.45) is 1.63. The SMILES string of the molecule is O=C(CCN1C(=O)C(=Cc2ccccc2Cl)SC1=S)NNC(=O)c1cccc(Cl)c1. The van der Waals surface area contributed by atoms with Gasteiger partial charge in [-0.3, -0.25) is 30.1 Å². The number of hydrogen-bond acceptors (Lipinski definition) is 5. The Balaban J connectivity index is 1.53. The standard InChI is InChI=1S/C20H15Cl2N3O3S2/c21-14-6-3-5-13(10-14)18(27)24-23-17(26)8-9-25-19(28)16(30-20(25)29)11-12-4-1-2-7-15(12)22/h1-7,10-11H,8-9H2,(H,23,26)(H,24,27). The van der Waals surface area contributed by atoms with E-state index in [1.807, 2.05) is 6.07 Å². The molecule has 3 rings (SSSR count). The lowest BCUT2D eigenvalue weighted by Crippen LogP contribution is -2.43. The van der Waals surface area contributed by atoms with Crippen molar-refractivity contribution < 1.29 is 14.4 Å². The van der Waals surface area contributed by atoms with E-state index < -0.39 is 11.8 Å². The van der Waals surface area contributed by atoms with Gasteiger partial charge in [-0.15, -0.1) is 0 Å². The van der Waals surface area contributed by atoms with Crippen molar-refractivity contribution in [3.05, 3.63) is 74.6 Å². The molecule has 0 spiro atoms. The Morgan fingerprint density at radius 2 is 1.87 bits per heavy atom. The zero-order valence-electron chi connectivity index (χ0n) is 15.4. The van der Waals surface area contributed by atoms with Crippen molar-refractivity contribution in [1.82, 2.24) is 15.8 Å². The smallest absolute Gasteiger partial charge is 0.269 e. The van der Waals surface area contributed by atoms with Crippen molar-refractivity contribution in [2.24, 2.45) is 0 Å². The summed E-state index contributed by atoms with van der Waals surface area (Å²) < 4.78 is 0.356. The van der Waals surface area contributed by atoms with Gasteiger partial charge in [-0.25, -0.2) is 0 Å². The predicted octanol–water partition coefficient (Wildman–Crippen LogP) is 4.05. The molecule has 3 amide bonds. The number of halogens is 2. The second-order valence-corrected chi connectivity index (χ2v) is 8.64. The number of amides is 3. The Hall–Kier alpha value is -2.39. The third-order valence-corrected chi connectivity index (χ3v) is 5.99. The van der Waals surface area contributed by atoms with Gasteiger partial charge in [-0.1, -0.05) is 71.4 Å². The third-order valence-electron chi connectivity index (χ3n) is 4.03. The molecule has 10 heteroatoms. The number of thioether (sulfide) groups is 1. The van der Waals surface area contributed by atoms with E-state index in [0.717, 1.165) is 11.8 Å². The van der Waals surface area contributed by atoms with Crippen LogP contribution in [0.25, 0.3) is 6.08 Å². The lowest BCUT2D eigenvalue weighted by Gasteiger charge is -2.14. The van der Waals surface area contributed by atoms with Gasteiger partial charge in [-0.2, -0.15) is 0 Å². The molecule has 1 fully saturated rings. The van der Waals surface area contributed by atoms with Crippen LogP contribution in [-0.2, 0) is 9.59 Å². The average Bonchev–Trinajstić information content (AvgIpc) is 2.99. The molecular formula is C20H15Cl2N3O3S2. The highest BCUT2D eigenvalue weighted by Crippen LogP contribution is 2.33. The second-order valence-electron chi connectivity index (χ2n) is 6.12. The molecule has 0 saturated carbocycles. The quantitative estimate of drug-likeness (QED) is 0.384. The van der Waals surface area contributed by atoms with Crippen LogP contribution in [0.5, 0.6) is 0 Å². The number of nitrogens with zero attached hydrogens (tertiary/aromatic N) is 1. The van der Waals surface area contributed by atoms with Gasteiger partial charge in [-0.05, 0) is 35.9 Å². The molecule has 1 aliphatic rings. The van der Waals surface area contributed by atoms with Crippen molar-refractivity contribution in [3.8, 4) is 0 Å². The molecule has 2 aromatic rings. The van der Waals surface area contributed by atoms with Crippen LogP contribution in [0.4, 0.5) is 0 Å². The number of benzene rings is 2. The van der Waals surface area contributed by atoms with E-state index in [-0.39, 0.29) is 18.9 Å². The lowest BCUT2D eigenvalue weighted by atomic mass is 10.2. The van der Waals surface area contributed by atoms with Crippen LogP contribution in [0.15, 0.2) is 53.4 Å². The number of carbonyl (C=O) groups excluding carboxylic acids is 3. The minimum Gasteiger partial charge on any atom is -0.292 e. The zero-order valence-corrected chi connectivity index (χ0v) is 18.5. The van der Waals surface area contributed by atoms with E-state index in [1.165, 1.54) is 11.0 Å². The van der Waals surface area contributed by atoms with Crippen LogP contribution in [0.2, 0.25) is 10.0 Å². The van der Waals surface area contributed by atoms with E-state index >= 15 is 0 Å². The average molecular weight is 480 g/mol. The second kappa shape index (κ2) is 10.1. The van der Waals surface area contributed by atoms with E-state index in [0.29, 0.717) is 30.4 Å². The highest BCUT2D eigenvalue weighted by atomic mass is 35.5. The van der Waals surface area contributed by atoms with Crippen LogP contribution in [0.1, 0.15) is 22.3 Å². The van der Waals surface area contributed by atoms with Crippen LogP contribution < -0.4 is 10.9 Å². The molecule has 0 aromatic heterocycles. The maximum absolute atomic E-state index is 12.6. The molecule has 0 unspecified atom stereocenters. The fraction of sp³-hybridized carbons (Fsp3) is 0.100. The van der Waals surface area contributed by atoms with Gasteiger partial charge in [0.05, 0.1) is 4.91 Å². The van der Waals surface area contributed by atoms with Crippen molar-refractivity contribution in [3.63, 3.8) is 0 Å². The van der Waals surface area contributed by atoms with Gasteiger partial charge in [0.15, 0.2) is 0 Å². The van der Waals surface area contributed by atoms with E-state index in [1.54, 1.807) is 42.5 Å². The van der Waals surface area contributed by atoms with Crippen LogP contribution in [-0.4, -0.2) is 33.5 Å². The van der Waals surface area contributed by atoms with Crippen molar-refractivity contribution in [2.75, 3.05) is 6.54 Å². The Labute approximate surface area is 192 Å². The summed E-state index contributed by atoms with van der Waals surface area (Å²) in [4.78, 5) is 38.5. The summed E-state index contributed by atoms with van der Waals surface area (Å²) in [5, 5.41) is 0.936.